The molecule has 0 radical (unpaired) electrons. The second-order valence-corrected chi connectivity index (χ2v) is 6.04. The van der Waals surface area contributed by atoms with Crippen molar-refractivity contribution in [3.8, 4) is 0 Å². The van der Waals surface area contributed by atoms with Gasteiger partial charge in [-0.05, 0) is 20.8 Å². The molecule has 1 aliphatic heterocycles. The SMILES string of the molecule is CCOC(=O)C(C)(C)C(=O)N1CC(O)C(C)(C)C1. The van der Waals surface area contributed by atoms with Gasteiger partial charge in [0, 0.05) is 18.5 Å². The maximum absolute atomic E-state index is 12.3. The lowest BCUT2D eigenvalue weighted by Gasteiger charge is -2.28. The highest BCUT2D eigenvalue weighted by molar-refractivity contribution is 6.01. The van der Waals surface area contributed by atoms with Crippen LogP contribution in [-0.2, 0) is 14.3 Å². The number of esters is 1. The number of β-amino-alcohol motifs (C(OH)–C–C–N with tert-alkyl or cyclic N) is 1. The zero-order chi connectivity index (χ0) is 14.1. The molecule has 5 nitrogen and oxygen atoms in total. The third-order valence-electron chi connectivity index (χ3n) is 3.50. The van der Waals surface area contributed by atoms with Crippen LogP contribution < -0.4 is 0 Å². The Kier molecular flexibility index (Phi) is 4.05. The first-order chi connectivity index (χ1) is 8.13. The van der Waals surface area contributed by atoms with Crippen molar-refractivity contribution in [2.45, 2.75) is 40.7 Å². The van der Waals surface area contributed by atoms with Gasteiger partial charge < -0.3 is 14.7 Å². The van der Waals surface area contributed by atoms with Crippen LogP contribution in [-0.4, -0.2) is 47.7 Å². The fourth-order valence-corrected chi connectivity index (χ4v) is 2.07. The highest BCUT2D eigenvalue weighted by Gasteiger charge is 2.47. The summed E-state index contributed by atoms with van der Waals surface area (Å²) in [6.07, 6.45) is -0.556. The molecule has 0 aliphatic carbocycles. The minimum atomic E-state index is -1.20. The highest BCUT2D eigenvalue weighted by atomic mass is 16.5. The van der Waals surface area contributed by atoms with Crippen LogP contribution in [0.2, 0.25) is 0 Å². The summed E-state index contributed by atoms with van der Waals surface area (Å²) in [5.74, 6) is -0.806. The highest BCUT2D eigenvalue weighted by Crippen LogP contribution is 2.32. The van der Waals surface area contributed by atoms with Crippen molar-refractivity contribution >= 4 is 11.9 Å². The summed E-state index contributed by atoms with van der Waals surface area (Å²) in [5.41, 5.74) is -1.53. The molecular formula is C13H23NO4. The van der Waals surface area contributed by atoms with Gasteiger partial charge in [-0.25, -0.2) is 0 Å². The van der Waals surface area contributed by atoms with Gasteiger partial charge in [0.25, 0.3) is 0 Å². The Hall–Kier alpha value is -1.10. The maximum Gasteiger partial charge on any atom is 0.321 e. The van der Waals surface area contributed by atoms with E-state index in [4.69, 9.17) is 4.74 Å². The van der Waals surface area contributed by atoms with E-state index in [-0.39, 0.29) is 24.5 Å². The fourth-order valence-electron chi connectivity index (χ4n) is 2.07. The molecule has 1 atom stereocenters. The van der Waals surface area contributed by atoms with Gasteiger partial charge in [-0.3, -0.25) is 9.59 Å². The van der Waals surface area contributed by atoms with Crippen LogP contribution in [0.3, 0.4) is 0 Å². The fraction of sp³-hybridized carbons (Fsp3) is 0.846. The second-order valence-electron chi connectivity index (χ2n) is 6.04. The topological polar surface area (TPSA) is 66.8 Å². The van der Waals surface area contributed by atoms with Crippen molar-refractivity contribution in [2.24, 2.45) is 10.8 Å². The predicted molar refractivity (Wildman–Crippen MR) is 66.8 cm³/mol. The van der Waals surface area contributed by atoms with Gasteiger partial charge in [-0.2, -0.15) is 0 Å². The van der Waals surface area contributed by atoms with Crippen LogP contribution in [0.4, 0.5) is 0 Å². The van der Waals surface area contributed by atoms with Crippen LogP contribution in [0.1, 0.15) is 34.6 Å². The molecular weight excluding hydrogens is 234 g/mol. The van der Waals surface area contributed by atoms with Crippen molar-refractivity contribution in [1.82, 2.24) is 4.90 Å². The van der Waals surface area contributed by atoms with Gasteiger partial charge in [-0.1, -0.05) is 13.8 Å². The van der Waals surface area contributed by atoms with Crippen molar-refractivity contribution in [3.63, 3.8) is 0 Å². The Morgan fingerprint density at radius 2 is 2.00 bits per heavy atom. The van der Waals surface area contributed by atoms with E-state index in [9.17, 15) is 14.7 Å². The number of nitrogens with zero attached hydrogens (tertiary/aromatic N) is 1. The summed E-state index contributed by atoms with van der Waals surface area (Å²) in [5, 5.41) is 9.87. The van der Waals surface area contributed by atoms with Gasteiger partial charge in [0.05, 0.1) is 12.7 Å². The minimum Gasteiger partial charge on any atom is -0.465 e. The number of rotatable bonds is 3. The van der Waals surface area contributed by atoms with E-state index in [0.717, 1.165) is 0 Å². The molecule has 0 bridgehead atoms. The van der Waals surface area contributed by atoms with E-state index in [2.05, 4.69) is 0 Å². The molecule has 1 fully saturated rings. The summed E-state index contributed by atoms with van der Waals surface area (Å²) in [6.45, 7) is 9.62. The van der Waals surface area contributed by atoms with Gasteiger partial charge in [0.2, 0.25) is 5.91 Å². The lowest BCUT2D eigenvalue weighted by Crippen LogP contribution is -2.45. The Bertz CT molecular complexity index is 349. The van der Waals surface area contributed by atoms with E-state index in [1.165, 1.54) is 0 Å². The second kappa shape index (κ2) is 4.88. The van der Waals surface area contributed by atoms with Crippen molar-refractivity contribution in [3.05, 3.63) is 0 Å². The largest absolute Gasteiger partial charge is 0.465 e. The molecule has 104 valence electrons. The zero-order valence-corrected chi connectivity index (χ0v) is 11.8. The number of hydrogen-bond acceptors (Lipinski definition) is 4. The van der Waals surface area contributed by atoms with E-state index in [0.29, 0.717) is 6.54 Å². The van der Waals surface area contributed by atoms with Crippen molar-refractivity contribution in [1.29, 1.82) is 0 Å². The number of aliphatic hydroxyl groups excluding tert-OH is 1. The number of likely N-dealkylation sites (tertiary alicyclic amines) is 1. The van der Waals surface area contributed by atoms with Crippen LogP contribution >= 0.6 is 0 Å². The number of carbonyl (C=O) groups is 2. The molecule has 0 spiro atoms. The Labute approximate surface area is 108 Å². The Morgan fingerprint density at radius 3 is 2.39 bits per heavy atom. The number of ether oxygens (including phenoxy) is 1. The van der Waals surface area contributed by atoms with E-state index >= 15 is 0 Å². The molecule has 1 unspecified atom stereocenters. The first-order valence-electron chi connectivity index (χ1n) is 6.27. The predicted octanol–water partition coefficient (Wildman–Crippen LogP) is 0.805. The molecule has 1 saturated heterocycles. The molecule has 0 aromatic heterocycles. The Morgan fingerprint density at radius 1 is 1.44 bits per heavy atom. The number of amides is 1. The third-order valence-corrected chi connectivity index (χ3v) is 3.50. The van der Waals surface area contributed by atoms with Gasteiger partial charge in [-0.15, -0.1) is 0 Å². The van der Waals surface area contributed by atoms with E-state index in [1.807, 2.05) is 13.8 Å². The van der Waals surface area contributed by atoms with Gasteiger partial charge >= 0.3 is 5.97 Å². The minimum absolute atomic E-state index is 0.254. The monoisotopic (exact) mass is 257 g/mol. The lowest BCUT2D eigenvalue weighted by atomic mass is 9.89. The van der Waals surface area contributed by atoms with Crippen LogP contribution in [0.25, 0.3) is 0 Å². The molecule has 0 saturated carbocycles. The molecule has 1 aliphatic rings. The summed E-state index contributed by atoms with van der Waals surface area (Å²) in [6, 6.07) is 0. The zero-order valence-electron chi connectivity index (χ0n) is 11.8. The summed E-state index contributed by atoms with van der Waals surface area (Å²) >= 11 is 0. The van der Waals surface area contributed by atoms with Crippen LogP contribution in [0.15, 0.2) is 0 Å². The normalized spacial score (nSPS) is 23.0. The van der Waals surface area contributed by atoms with Crippen molar-refractivity contribution in [2.75, 3.05) is 19.7 Å². The average Bonchev–Trinajstić information content (AvgIpc) is 2.52. The van der Waals surface area contributed by atoms with Crippen LogP contribution in [0, 0.1) is 10.8 Å². The Balaban J connectivity index is 2.80. The number of hydrogen-bond donors (Lipinski definition) is 1. The van der Waals surface area contributed by atoms with E-state index in [1.54, 1.807) is 25.7 Å². The summed E-state index contributed by atoms with van der Waals surface area (Å²) in [4.78, 5) is 25.6. The van der Waals surface area contributed by atoms with Crippen molar-refractivity contribution < 1.29 is 19.4 Å². The molecule has 0 aromatic carbocycles. The first-order valence-corrected chi connectivity index (χ1v) is 6.27. The van der Waals surface area contributed by atoms with Gasteiger partial charge in [0.15, 0.2) is 0 Å². The quantitative estimate of drug-likeness (QED) is 0.600. The molecule has 1 amide bonds. The van der Waals surface area contributed by atoms with Crippen LogP contribution in [0.5, 0.6) is 0 Å². The number of carbonyl (C=O) groups excluding carboxylic acids is 2. The standard InChI is InChI=1S/C13H23NO4/c1-6-18-11(17)13(4,5)10(16)14-7-9(15)12(2,3)8-14/h9,15H,6-8H2,1-5H3. The average molecular weight is 257 g/mol. The molecule has 0 aromatic rings. The lowest BCUT2D eigenvalue weighted by molar-refractivity contribution is -0.162. The maximum atomic E-state index is 12.3. The van der Waals surface area contributed by atoms with Gasteiger partial charge in [0.1, 0.15) is 5.41 Å². The smallest absolute Gasteiger partial charge is 0.321 e. The molecule has 5 heteroatoms. The summed E-state index contributed by atoms with van der Waals surface area (Å²) < 4.78 is 4.92. The molecule has 1 heterocycles. The molecule has 18 heavy (non-hydrogen) atoms. The molecule has 1 N–H and O–H groups in total. The third kappa shape index (κ3) is 2.66. The summed E-state index contributed by atoms with van der Waals surface area (Å²) in [7, 11) is 0. The first kappa shape index (κ1) is 15.0. The molecule has 1 rings (SSSR count). The number of aliphatic hydroxyl groups is 1. The van der Waals surface area contributed by atoms with E-state index < -0.39 is 17.5 Å².